The summed E-state index contributed by atoms with van der Waals surface area (Å²) >= 11 is 1.60. The van der Waals surface area contributed by atoms with Crippen molar-refractivity contribution in [3.8, 4) is 0 Å². The number of ether oxygens (including phenoxy) is 1. The fourth-order valence-corrected chi connectivity index (χ4v) is 4.68. The molecule has 0 bridgehead atoms. The van der Waals surface area contributed by atoms with Crippen molar-refractivity contribution in [1.82, 2.24) is 15.5 Å². The first-order valence-electron chi connectivity index (χ1n) is 13.5. The summed E-state index contributed by atoms with van der Waals surface area (Å²) in [6, 6.07) is 4.17. The largest absolute Gasteiger partial charge is 0.444 e. The molecule has 37 heavy (non-hydrogen) atoms. The molecule has 0 aromatic heterocycles. The third-order valence-corrected chi connectivity index (χ3v) is 6.73. The Morgan fingerprint density at radius 2 is 1.68 bits per heavy atom. The predicted molar refractivity (Wildman–Crippen MR) is 154 cm³/mol. The minimum Gasteiger partial charge on any atom is -0.444 e. The van der Waals surface area contributed by atoms with E-state index in [1.807, 2.05) is 46.1 Å². The first-order chi connectivity index (χ1) is 17.3. The van der Waals surface area contributed by atoms with Crippen molar-refractivity contribution in [3.05, 3.63) is 34.9 Å². The third kappa shape index (κ3) is 11.4. The van der Waals surface area contributed by atoms with Crippen molar-refractivity contribution in [3.63, 3.8) is 0 Å². The van der Waals surface area contributed by atoms with Gasteiger partial charge < -0.3 is 20.3 Å². The average molecular weight is 536 g/mol. The Labute approximate surface area is 228 Å². The fourth-order valence-electron chi connectivity index (χ4n) is 4.21. The van der Waals surface area contributed by atoms with Crippen LogP contribution in [0.2, 0.25) is 0 Å². The molecule has 1 aromatic carbocycles. The number of nitrogens with one attached hydrogen (secondary N) is 2. The van der Waals surface area contributed by atoms with E-state index in [-0.39, 0.29) is 17.9 Å². The molecule has 7 nitrogen and oxygen atoms in total. The molecule has 1 aromatic rings. The second kappa shape index (κ2) is 15.9. The summed E-state index contributed by atoms with van der Waals surface area (Å²) in [5.74, 6) is 0.204. The topological polar surface area (TPSA) is 87.7 Å². The molecule has 3 amide bonds. The van der Waals surface area contributed by atoms with Crippen LogP contribution >= 0.6 is 11.8 Å². The van der Waals surface area contributed by atoms with Crippen molar-refractivity contribution in [2.45, 2.75) is 111 Å². The van der Waals surface area contributed by atoms with Gasteiger partial charge >= 0.3 is 6.09 Å². The van der Waals surface area contributed by atoms with Crippen LogP contribution in [0.5, 0.6) is 0 Å². The van der Waals surface area contributed by atoms with Crippen LogP contribution in [-0.2, 0) is 14.3 Å². The van der Waals surface area contributed by atoms with Crippen molar-refractivity contribution < 1.29 is 19.1 Å². The second-order valence-corrected chi connectivity index (χ2v) is 11.8. The number of unbranched alkanes of at least 4 members (excludes halogenated alkanes) is 2. The van der Waals surface area contributed by atoms with Crippen molar-refractivity contribution in [2.24, 2.45) is 0 Å². The molecule has 0 aliphatic carbocycles. The van der Waals surface area contributed by atoms with Crippen LogP contribution in [0.3, 0.4) is 0 Å². The molecular weight excluding hydrogens is 486 g/mol. The maximum atomic E-state index is 14.2. The predicted octanol–water partition coefficient (Wildman–Crippen LogP) is 5.92. The molecule has 0 aliphatic rings. The first kappa shape index (κ1) is 32.8. The summed E-state index contributed by atoms with van der Waals surface area (Å²) in [6.45, 7) is 16.0. The number of carbonyl (C=O) groups excluding carboxylic acids is 3. The number of nitrogens with zero attached hydrogens (tertiary/aromatic N) is 1. The van der Waals surface area contributed by atoms with Gasteiger partial charge in [-0.25, -0.2) is 4.79 Å². The zero-order valence-electron chi connectivity index (χ0n) is 24.4. The van der Waals surface area contributed by atoms with E-state index in [9.17, 15) is 14.4 Å². The van der Waals surface area contributed by atoms with E-state index in [2.05, 4.69) is 23.6 Å². The second-order valence-electron chi connectivity index (χ2n) is 10.8. The third-order valence-electron chi connectivity index (χ3n) is 6.09. The number of hydrogen-bond donors (Lipinski definition) is 2. The van der Waals surface area contributed by atoms with E-state index in [0.29, 0.717) is 25.1 Å². The average Bonchev–Trinajstić information content (AvgIpc) is 2.79. The summed E-state index contributed by atoms with van der Waals surface area (Å²) in [5.41, 5.74) is 2.15. The van der Waals surface area contributed by atoms with Gasteiger partial charge in [-0.2, -0.15) is 11.8 Å². The molecule has 0 spiro atoms. The van der Waals surface area contributed by atoms with Gasteiger partial charge in [-0.1, -0.05) is 56.0 Å². The molecule has 3 atom stereocenters. The molecule has 1 rings (SSSR count). The van der Waals surface area contributed by atoms with Gasteiger partial charge in [0.1, 0.15) is 17.7 Å². The summed E-state index contributed by atoms with van der Waals surface area (Å²) in [5, 5.41) is 5.87. The molecule has 0 heterocycles. The highest BCUT2D eigenvalue weighted by Gasteiger charge is 2.38. The van der Waals surface area contributed by atoms with Gasteiger partial charge in [0.25, 0.3) is 0 Å². The Morgan fingerprint density at radius 1 is 1.05 bits per heavy atom. The molecule has 8 heteroatoms. The summed E-state index contributed by atoms with van der Waals surface area (Å²) in [4.78, 5) is 42.3. The van der Waals surface area contributed by atoms with E-state index in [4.69, 9.17) is 4.74 Å². The molecule has 0 saturated carbocycles. The lowest BCUT2D eigenvalue weighted by atomic mass is 9.96. The quantitative estimate of drug-likeness (QED) is 0.289. The number of alkyl carbamates (subject to hydrolysis) is 1. The lowest BCUT2D eigenvalue weighted by molar-refractivity contribution is -0.145. The highest BCUT2D eigenvalue weighted by molar-refractivity contribution is 7.98. The van der Waals surface area contributed by atoms with E-state index >= 15 is 0 Å². The molecule has 0 fully saturated rings. The number of thioether (sulfide) groups is 1. The maximum absolute atomic E-state index is 14.2. The van der Waals surface area contributed by atoms with E-state index < -0.39 is 23.8 Å². The molecule has 0 saturated heterocycles. The number of carbonyl (C=O) groups is 3. The molecule has 3 unspecified atom stereocenters. The molecule has 210 valence electrons. The highest BCUT2D eigenvalue weighted by Crippen LogP contribution is 2.28. The number of aryl methyl sites for hydroxylation is 2. The van der Waals surface area contributed by atoms with Crippen LogP contribution in [0.1, 0.15) is 96.4 Å². The van der Waals surface area contributed by atoms with Crippen LogP contribution in [0, 0.1) is 13.8 Å². The molecule has 2 N–H and O–H groups in total. The Morgan fingerprint density at radius 3 is 2.19 bits per heavy atom. The SMILES string of the molecule is CCCCCNC(=O)C(c1cc(C)cc(C)c1)N(C(=O)C(CCSC)NC(=O)OC(C)(C)C)C(C)CC. The number of hydrogen-bond acceptors (Lipinski definition) is 5. The zero-order chi connectivity index (χ0) is 28.2. The van der Waals surface area contributed by atoms with Crippen LogP contribution in [0.15, 0.2) is 18.2 Å². The van der Waals surface area contributed by atoms with E-state index in [0.717, 1.165) is 36.0 Å². The monoisotopic (exact) mass is 535 g/mol. The van der Waals surface area contributed by atoms with E-state index in [1.165, 1.54) is 0 Å². The normalized spacial score (nSPS) is 13.9. The standard InChI is InChI=1S/C29H49N3O4S/c1-10-12-13-15-30-26(33)25(23-18-20(3)17-21(4)19-23)32(22(5)11-2)27(34)24(14-16-37-9)31-28(35)36-29(6,7)8/h17-19,22,24-25H,10-16H2,1-9H3,(H,30,33)(H,31,35). The summed E-state index contributed by atoms with van der Waals surface area (Å²) in [7, 11) is 0. The highest BCUT2D eigenvalue weighted by atomic mass is 32.2. The Bertz CT molecular complexity index is 864. The summed E-state index contributed by atoms with van der Waals surface area (Å²) in [6.07, 6.45) is 5.39. The number of amides is 3. The van der Waals surface area contributed by atoms with Crippen LogP contribution in [-0.4, -0.2) is 59.0 Å². The smallest absolute Gasteiger partial charge is 0.408 e. The van der Waals surface area contributed by atoms with Crippen LogP contribution in [0.4, 0.5) is 4.79 Å². The lowest BCUT2D eigenvalue weighted by Crippen LogP contribution is -2.55. The van der Waals surface area contributed by atoms with Gasteiger partial charge in [-0.15, -0.1) is 0 Å². The maximum Gasteiger partial charge on any atom is 0.408 e. The van der Waals surface area contributed by atoms with Crippen LogP contribution in [0.25, 0.3) is 0 Å². The van der Waals surface area contributed by atoms with Gasteiger partial charge in [0.2, 0.25) is 11.8 Å². The molecule has 0 radical (unpaired) electrons. The van der Waals surface area contributed by atoms with Crippen molar-refractivity contribution >= 4 is 29.7 Å². The fraction of sp³-hybridized carbons (Fsp3) is 0.690. The number of benzene rings is 1. The van der Waals surface area contributed by atoms with Crippen molar-refractivity contribution in [1.29, 1.82) is 0 Å². The minimum absolute atomic E-state index is 0.198. The summed E-state index contributed by atoms with van der Waals surface area (Å²) < 4.78 is 5.46. The van der Waals surface area contributed by atoms with Gasteiger partial charge in [0, 0.05) is 12.6 Å². The zero-order valence-corrected chi connectivity index (χ0v) is 25.2. The van der Waals surface area contributed by atoms with Crippen LogP contribution < -0.4 is 10.6 Å². The molecular formula is C29H49N3O4S. The Balaban J connectivity index is 3.49. The Hall–Kier alpha value is -2.22. The lowest BCUT2D eigenvalue weighted by Gasteiger charge is -2.38. The van der Waals surface area contributed by atoms with Gasteiger partial charge in [-0.05, 0) is 78.4 Å². The number of rotatable bonds is 14. The van der Waals surface area contributed by atoms with Gasteiger partial charge in [0.05, 0.1) is 0 Å². The van der Waals surface area contributed by atoms with Gasteiger partial charge in [0.15, 0.2) is 0 Å². The minimum atomic E-state index is -0.808. The van der Waals surface area contributed by atoms with Crippen molar-refractivity contribution in [2.75, 3.05) is 18.6 Å². The Kier molecular flexibility index (Phi) is 14.1. The van der Waals surface area contributed by atoms with E-state index in [1.54, 1.807) is 37.4 Å². The molecule has 0 aliphatic heterocycles. The first-order valence-corrected chi connectivity index (χ1v) is 14.9. The van der Waals surface area contributed by atoms with Gasteiger partial charge in [-0.3, -0.25) is 9.59 Å².